The summed E-state index contributed by atoms with van der Waals surface area (Å²) in [5.74, 6) is 0.616. The topological polar surface area (TPSA) is 88.7 Å². The quantitative estimate of drug-likeness (QED) is 0.440. The van der Waals surface area contributed by atoms with E-state index in [9.17, 15) is 9.59 Å². The molecule has 0 bridgehead atoms. The number of para-hydroxylation sites is 1. The fraction of sp³-hybridized carbons (Fsp3) is 0.318. The van der Waals surface area contributed by atoms with Crippen molar-refractivity contribution >= 4 is 29.1 Å². The number of carbonyl (C=O) groups is 2. The van der Waals surface area contributed by atoms with Crippen molar-refractivity contribution in [1.82, 2.24) is 16.2 Å². The van der Waals surface area contributed by atoms with Crippen LogP contribution in [0.25, 0.3) is 0 Å². The molecule has 2 rings (SSSR count). The van der Waals surface area contributed by atoms with Gasteiger partial charge in [0.25, 0.3) is 11.8 Å². The van der Waals surface area contributed by atoms with Crippen LogP contribution in [0.15, 0.2) is 48.5 Å². The summed E-state index contributed by atoms with van der Waals surface area (Å²) >= 11 is 5.10. The Morgan fingerprint density at radius 3 is 2.50 bits per heavy atom. The minimum absolute atomic E-state index is 0.0335. The van der Waals surface area contributed by atoms with Gasteiger partial charge in [-0.1, -0.05) is 39.0 Å². The highest BCUT2D eigenvalue weighted by Gasteiger charge is 2.13. The average Bonchev–Trinajstić information content (AvgIpc) is 2.75. The molecule has 160 valence electrons. The summed E-state index contributed by atoms with van der Waals surface area (Å²) in [4.78, 5) is 24.8. The number of ether oxygens (including phenoxy) is 2. The van der Waals surface area contributed by atoms with Gasteiger partial charge >= 0.3 is 0 Å². The molecule has 2 aromatic carbocycles. The van der Waals surface area contributed by atoms with Gasteiger partial charge in [-0.15, -0.1) is 0 Å². The van der Waals surface area contributed by atoms with Gasteiger partial charge in [0.1, 0.15) is 11.5 Å². The number of benzene rings is 2. The highest BCUT2D eigenvalue weighted by Crippen LogP contribution is 2.18. The van der Waals surface area contributed by atoms with Gasteiger partial charge in [-0.25, -0.2) is 0 Å². The maximum Gasteiger partial charge on any atom is 0.273 e. The van der Waals surface area contributed by atoms with Crippen LogP contribution in [0, 0.1) is 5.92 Å². The number of hydrazine groups is 1. The molecule has 3 N–H and O–H groups in total. The van der Waals surface area contributed by atoms with Crippen LogP contribution in [0.5, 0.6) is 11.5 Å². The van der Waals surface area contributed by atoms with Gasteiger partial charge in [-0.05, 0) is 54.9 Å². The van der Waals surface area contributed by atoms with E-state index in [4.69, 9.17) is 21.7 Å². The first-order valence-electron chi connectivity index (χ1n) is 9.77. The van der Waals surface area contributed by atoms with E-state index < -0.39 is 11.8 Å². The lowest BCUT2D eigenvalue weighted by molar-refractivity contribution is 0.0931. The van der Waals surface area contributed by atoms with Crippen LogP contribution in [-0.4, -0.2) is 30.1 Å². The van der Waals surface area contributed by atoms with Crippen LogP contribution in [0.1, 0.15) is 47.9 Å². The molecule has 0 aliphatic carbocycles. The lowest BCUT2D eigenvalue weighted by Gasteiger charge is -2.14. The van der Waals surface area contributed by atoms with Crippen molar-refractivity contribution in [2.45, 2.75) is 27.2 Å². The molecule has 0 atom stereocenters. The Hall–Kier alpha value is -3.13. The van der Waals surface area contributed by atoms with Crippen LogP contribution in [0.3, 0.4) is 0 Å². The second kappa shape index (κ2) is 11.8. The summed E-state index contributed by atoms with van der Waals surface area (Å²) < 4.78 is 11.2. The monoisotopic (exact) mass is 429 g/mol. The largest absolute Gasteiger partial charge is 0.493 e. The molecule has 0 unspecified atom stereocenters. The Balaban J connectivity index is 1.90. The van der Waals surface area contributed by atoms with Crippen molar-refractivity contribution < 1.29 is 19.1 Å². The van der Waals surface area contributed by atoms with E-state index in [1.807, 2.05) is 20.8 Å². The Kier molecular flexibility index (Phi) is 9.08. The van der Waals surface area contributed by atoms with E-state index in [1.165, 1.54) is 0 Å². The lowest BCUT2D eigenvalue weighted by atomic mass is 10.2. The number of hydrogen-bond donors (Lipinski definition) is 3. The Morgan fingerprint density at radius 1 is 1.00 bits per heavy atom. The van der Waals surface area contributed by atoms with Crippen LogP contribution >= 0.6 is 12.2 Å². The molecule has 0 fully saturated rings. The number of rotatable bonds is 8. The molecule has 2 amide bonds. The van der Waals surface area contributed by atoms with Gasteiger partial charge in [-0.2, -0.15) is 0 Å². The van der Waals surface area contributed by atoms with Gasteiger partial charge in [0.2, 0.25) is 0 Å². The molecule has 8 heteroatoms. The van der Waals surface area contributed by atoms with Crippen molar-refractivity contribution in [1.29, 1.82) is 0 Å². The fourth-order valence-electron chi connectivity index (χ4n) is 2.37. The molecule has 0 heterocycles. The summed E-state index contributed by atoms with van der Waals surface area (Å²) in [7, 11) is 0. The molecule has 2 aromatic rings. The first-order chi connectivity index (χ1) is 14.4. The predicted molar refractivity (Wildman–Crippen MR) is 120 cm³/mol. The van der Waals surface area contributed by atoms with E-state index in [0.717, 1.165) is 6.42 Å². The summed E-state index contributed by atoms with van der Waals surface area (Å²) in [5.41, 5.74) is 5.76. The van der Waals surface area contributed by atoms with Gasteiger partial charge in [-0.3, -0.25) is 25.8 Å². The second-order valence-corrected chi connectivity index (χ2v) is 7.35. The number of amides is 2. The minimum Gasteiger partial charge on any atom is -0.493 e. The number of thiocarbonyl (C=S) groups is 1. The second-order valence-electron chi connectivity index (χ2n) is 6.94. The Bertz CT molecular complexity index is 886. The van der Waals surface area contributed by atoms with Gasteiger partial charge in [0, 0.05) is 5.56 Å². The number of nitrogens with one attached hydrogen (secondary N) is 3. The van der Waals surface area contributed by atoms with Gasteiger partial charge in [0.15, 0.2) is 5.11 Å². The SMILES string of the molecule is CCCOc1ccccc1C(=O)NNC(=S)NC(=O)c1cccc(OCC(C)C)c1. The van der Waals surface area contributed by atoms with Crippen molar-refractivity contribution in [3.63, 3.8) is 0 Å². The summed E-state index contributed by atoms with van der Waals surface area (Å²) in [6.07, 6.45) is 0.827. The molecule has 7 nitrogen and oxygen atoms in total. The molecular formula is C22H27N3O4S. The summed E-state index contributed by atoms with van der Waals surface area (Å²) in [6.45, 7) is 7.14. The average molecular weight is 430 g/mol. The van der Waals surface area contributed by atoms with E-state index in [-0.39, 0.29) is 5.11 Å². The van der Waals surface area contributed by atoms with Crippen molar-refractivity contribution in [3.8, 4) is 11.5 Å². The highest BCUT2D eigenvalue weighted by atomic mass is 32.1. The van der Waals surface area contributed by atoms with E-state index in [1.54, 1.807) is 48.5 Å². The lowest BCUT2D eigenvalue weighted by Crippen LogP contribution is -2.48. The molecule has 0 aromatic heterocycles. The fourth-order valence-corrected chi connectivity index (χ4v) is 2.51. The zero-order chi connectivity index (χ0) is 21.9. The van der Waals surface area contributed by atoms with Crippen LogP contribution in [-0.2, 0) is 0 Å². The molecular weight excluding hydrogens is 402 g/mol. The summed E-state index contributed by atoms with van der Waals surface area (Å²) in [5, 5.41) is 2.49. The first kappa shape index (κ1) is 23.2. The van der Waals surface area contributed by atoms with Crippen LogP contribution in [0.4, 0.5) is 0 Å². The molecule has 0 saturated heterocycles. The molecule has 0 aliphatic rings. The minimum atomic E-state index is -0.428. The zero-order valence-electron chi connectivity index (χ0n) is 17.4. The molecule has 0 aliphatic heterocycles. The molecule has 0 saturated carbocycles. The van der Waals surface area contributed by atoms with Crippen molar-refractivity contribution in [2.24, 2.45) is 5.92 Å². The highest BCUT2D eigenvalue weighted by molar-refractivity contribution is 7.80. The van der Waals surface area contributed by atoms with Crippen molar-refractivity contribution in [2.75, 3.05) is 13.2 Å². The number of carbonyl (C=O) groups excluding carboxylic acids is 2. The standard InChI is InChI=1S/C22H27N3O4S/c1-4-12-28-19-11-6-5-10-18(19)21(27)24-25-22(30)23-20(26)16-8-7-9-17(13-16)29-14-15(2)3/h5-11,13,15H,4,12,14H2,1-3H3,(H,24,27)(H2,23,25,26,30). The maximum atomic E-state index is 12.4. The zero-order valence-corrected chi connectivity index (χ0v) is 18.2. The smallest absolute Gasteiger partial charge is 0.273 e. The van der Waals surface area contributed by atoms with Gasteiger partial charge in [0.05, 0.1) is 18.8 Å². The third kappa shape index (κ3) is 7.36. The van der Waals surface area contributed by atoms with Crippen LogP contribution in [0.2, 0.25) is 0 Å². The van der Waals surface area contributed by atoms with Crippen LogP contribution < -0.4 is 25.6 Å². The van der Waals surface area contributed by atoms with Crippen molar-refractivity contribution in [3.05, 3.63) is 59.7 Å². The maximum absolute atomic E-state index is 12.4. The molecule has 0 spiro atoms. The van der Waals surface area contributed by atoms with E-state index in [2.05, 4.69) is 16.2 Å². The van der Waals surface area contributed by atoms with E-state index >= 15 is 0 Å². The molecule has 30 heavy (non-hydrogen) atoms. The third-order valence-corrected chi connectivity index (χ3v) is 3.99. The number of hydrogen-bond acceptors (Lipinski definition) is 5. The molecule has 0 radical (unpaired) electrons. The predicted octanol–water partition coefficient (Wildman–Crippen LogP) is 3.46. The van der Waals surface area contributed by atoms with Gasteiger partial charge < -0.3 is 9.47 Å². The normalized spacial score (nSPS) is 10.3. The first-order valence-corrected chi connectivity index (χ1v) is 10.2. The van der Waals surface area contributed by atoms with E-state index in [0.29, 0.717) is 41.8 Å². The Labute approximate surface area is 182 Å². The summed E-state index contributed by atoms with van der Waals surface area (Å²) in [6, 6.07) is 13.7. The third-order valence-electron chi connectivity index (χ3n) is 3.79. The Morgan fingerprint density at radius 2 is 1.77 bits per heavy atom.